The summed E-state index contributed by atoms with van der Waals surface area (Å²) in [5.74, 6) is 0.644. The molecule has 0 saturated heterocycles. The third kappa shape index (κ3) is 7.57. The Morgan fingerprint density at radius 3 is 2.25 bits per heavy atom. The van der Waals surface area contributed by atoms with Crippen molar-refractivity contribution in [1.82, 2.24) is 0 Å². The Morgan fingerprint density at radius 2 is 2.25 bits per heavy atom. The number of hydrogen-bond acceptors (Lipinski definition) is 3. The average Bonchev–Trinajstić information content (AvgIpc) is 2.69. The molecule has 1 aliphatic rings. The maximum atomic E-state index is 9.18. The first kappa shape index (κ1) is 14.0. The molecule has 0 spiro atoms. The van der Waals surface area contributed by atoms with Crippen LogP contribution in [0.25, 0.3) is 0 Å². The van der Waals surface area contributed by atoms with Crippen molar-refractivity contribution in [2.75, 3.05) is 6.61 Å². The monoisotopic (exact) mass is 193 g/mol. The van der Waals surface area contributed by atoms with Crippen molar-refractivity contribution >= 4 is 18.9 Å². The van der Waals surface area contributed by atoms with Crippen molar-refractivity contribution in [3.8, 4) is 0 Å². The van der Waals surface area contributed by atoms with Crippen LogP contribution in [0.5, 0.6) is 0 Å². The number of nitrogens with two attached hydrogens (primary N) is 1. The molecule has 0 radical (unpaired) electrons. The topological polar surface area (TPSA) is 52.3 Å². The zero-order valence-electron chi connectivity index (χ0n) is 7.23. The molecule has 3 nitrogen and oxygen atoms in total. The van der Waals surface area contributed by atoms with Crippen LogP contribution in [0.1, 0.15) is 13.3 Å². The molecule has 2 N–H and O–H groups in total. The summed E-state index contributed by atoms with van der Waals surface area (Å²) in [7, 11) is 0. The Balaban J connectivity index is 0. The van der Waals surface area contributed by atoms with Gasteiger partial charge in [0.05, 0.1) is 6.61 Å². The molecule has 1 fully saturated rings. The standard InChI is InChI=1S/C5H9N.C3H6O2.ClH/c1-2-4-3-5(4)6;1-2-5-3-4;/h2,4-5H,1,3,6H2;3H,2H2,1H3;1H. The molecule has 0 heterocycles. The van der Waals surface area contributed by atoms with E-state index in [-0.39, 0.29) is 12.4 Å². The summed E-state index contributed by atoms with van der Waals surface area (Å²) in [4.78, 5) is 9.18. The summed E-state index contributed by atoms with van der Waals surface area (Å²) in [6, 6.07) is 0.447. The molecule has 0 amide bonds. The molecular formula is C8H16ClNO2. The molecule has 1 aliphatic carbocycles. The molecule has 0 aromatic carbocycles. The minimum absolute atomic E-state index is 0. The Bertz CT molecular complexity index is 130. The van der Waals surface area contributed by atoms with Crippen molar-refractivity contribution in [3.63, 3.8) is 0 Å². The normalized spacial score (nSPS) is 23.8. The van der Waals surface area contributed by atoms with Gasteiger partial charge in [0.25, 0.3) is 6.47 Å². The number of hydrogen-bond donors (Lipinski definition) is 1. The van der Waals surface area contributed by atoms with Crippen LogP contribution >= 0.6 is 12.4 Å². The van der Waals surface area contributed by atoms with E-state index >= 15 is 0 Å². The largest absolute Gasteiger partial charge is 0.468 e. The predicted molar refractivity (Wildman–Crippen MR) is 51.2 cm³/mol. The third-order valence-electron chi connectivity index (χ3n) is 1.43. The Kier molecular flexibility index (Phi) is 9.99. The highest BCUT2D eigenvalue weighted by Crippen LogP contribution is 2.27. The van der Waals surface area contributed by atoms with Gasteiger partial charge in [-0.15, -0.1) is 19.0 Å². The van der Waals surface area contributed by atoms with Gasteiger partial charge in [-0.05, 0) is 19.3 Å². The molecule has 0 aliphatic heterocycles. The lowest BCUT2D eigenvalue weighted by Gasteiger charge is -1.79. The van der Waals surface area contributed by atoms with Crippen LogP contribution in [0.3, 0.4) is 0 Å². The lowest BCUT2D eigenvalue weighted by Crippen LogP contribution is -1.99. The summed E-state index contributed by atoms with van der Waals surface area (Å²) in [6.07, 6.45) is 3.08. The fourth-order valence-electron chi connectivity index (χ4n) is 0.575. The summed E-state index contributed by atoms with van der Waals surface area (Å²) >= 11 is 0. The van der Waals surface area contributed by atoms with Gasteiger partial charge in [0, 0.05) is 6.04 Å². The van der Waals surface area contributed by atoms with Crippen molar-refractivity contribution < 1.29 is 9.53 Å². The van der Waals surface area contributed by atoms with Crippen molar-refractivity contribution in [2.45, 2.75) is 19.4 Å². The highest BCUT2D eigenvalue weighted by Gasteiger charge is 2.29. The molecule has 72 valence electrons. The van der Waals surface area contributed by atoms with Crippen LogP contribution in [-0.2, 0) is 9.53 Å². The van der Waals surface area contributed by atoms with E-state index in [9.17, 15) is 4.79 Å². The van der Waals surface area contributed by atoms with Crippen LogP contribution in [0.4, 0.5) is 0 Å². The summed E-state index contributed by atoms with van der Waals surface area (Å²) in [5, 5.41) is 0. The van der Waals surface area contributed by atoms with E-state index < -0.39 is 0 Å². The van der Waals surface area contributed by atoms with Gasteiger partial charge < -0.3 is 10.5 Å². The second-order valence-electron chi connectivity index (χ2n) is 2.35. The first-order valence-corrected chi connectivity index (χ1v) is 3.69. The number of halogens is 1. The minimum Gasteiger partial charge on any atom is -0.468 e. The van der Waals surface area contributed by atoms with E-state index in [0.717, 1.165) is 6.42 Å². The molecule has 0 bridgehead atoms. The highest BCUT2D eigenvalue weighted by atomic mass is 35.5. The number of rotatable bonds is 3. The summed E-state index contributed by atoms with van der Waals surface area (Å²) in [6.45, 7) is 6.26. The Labute approximate surface area is 79.4 Å². The fraction of sp³-hybridized carbons (Fsp3) is 0.625. The quantitative estimate of drug-likeness (QED) is 0.540. The lowest BCUT2D eigenvalue weighted by molar-refractivity contribution is -0.128. The van der Waals surface area contributed by atoms with Gasteiger partial charge in [0.2, 0.25) is 0 Å². The number of carbonyl (C=O) groups excluding carboxylic acids is 1. The van der Waals surface area contributed by atoms with Crippen LogP contribution in [0.15, 0.2) is 12.7 Å². The predicted octanol–water partition coefficient (Wildman–Crippen LogP) is 1.12. The fourth-order valence-corrected chi connectivity index (χ4v) is 0.575. The van der Waals surface area contributed by atoms with Gasteiger partial charge in [0.15, 0.2) is 0 Å². The highest BCUT2D eigenvalue weighted by molar-refractivity contribution is 5.85. The Hall–Kier alpha value is -0.540. The van der Waals surface area contributed by atoms with Crippen LogP contribution in [-0.4, -0.2) is 19.1 Å². The molecule has 0 aromatic heterocycles. The van der Waals surface area contributed by atoms with Crippen molar-refractivity contribution in [1.29, 1.82) is 0 Å². The van der Waals surface area contributed by atoms with Gasteiger partial charge >= 0.3 is 0 Å². The first-order chi connectivity index (χ1) is 5.26. The van der Waals surface area contributed by atoms with E-state index in [4.69, 9.17) is 5.73 Å². The first-order valence-electron chi connectivity index (χ1n) is 3.69. The Morgan fingerprint density at radius 1 is 1.75 bits per heavy atom. The molecule has 4 heteroatoms. The van der Waals surface area contributed by atoms with E-state index in [2.05, 4.69) is 11.3 Å². The third-order valence-corrected chi connectivity index (χ3v) is 1.43. The van der Waals surface area contributed by atoms with Gasteiger partial charge in [-0.1, -0.05) is 6.08 Å². The molecule has 2 atom stereocenters. The van der Waals surface area contributed by atoms with Gasteiger partial charge in [-0.2, -0.15) is 0 Å². The van der Waals surface area contributed by atoms with E-state index in [1.54, 1.807) is 6.92 Å². The zero-order valence-corrected chi connectivity index (χ0v) is 8.05. The number of carbonyl (C=O) groups is 1. The van der Waals surface area contributed by atoms with E-state index in [1.807, 2.05) is 6.08 Å². The minimum atomic E-state index is 0. The summed E-state index contributed by atoms with van der Waals surface area (Å²) < 4.78 is 4.15. The van der Waals surface area contributed by atoms with Crippen LogP contribution < -0.4 is 5.73 Å². The summed E-state index contributed by atoms with van der Waals surface area (Å²) in [5.41, 5.74) is 5.41. The van der Waals surface area contributed by atoms with Crippen LogP contribution in [0, 0.1) is 5.92 Å². The van der Waals surface area contributed by atoms with Crippen molar-refractivity contribution in [2.24, 2.45) is 11.7 Å². The second kappa shape index (κ2) is 8.56. The molecule has 1 rings (SSSR count). The molecular weight excluding hydrogens is 178 g/mol. The maximum absolute atomic E-state index is 9.18. The second-order valence-corrected chi connectivity index (χ2v) is 2.35. The maximum Gasteiger partial charge on any atom is 0.293 e. The smallest absolute Gasteiger partial charge is 0.293 e. The molecule has 12 heavy (non-hydrogen) atoms. The van der Waals surface area contributed by atoms with E-state index in [1.165, 1.54) is 0 Å². The van der Waals surface area contributed by atoms with E-state index in [0.29, 0.717) is 25.0 Å². The average molecular weight is 194 g/mol. The molecule has 0 aromatic rings. The van der Waals surface area contributed by atoms with Crippen molar-refractivity contribution in [3.05, 3.63) is 12.7 Å². The molecule has 2 unspecified atom stereocenters. The van der Waals surface area contributed by atoms with Crippen LogP contribution in [0.2, 0.25) is 0 Å². The SMILES string of the molecule is C=CC1CC1N.CCOC=O.Cl. The van der Waals surface area contributed by atoms with Gasteiger partial charge in [-0.25, -0.2) is 0 Å². The number of ether oxygens (including phenoxy) is 1. The van der Waals surface area contributed by atoms with Gasteiger partial charge in [0.1, 0.15) is 0 Å². The van der Waals surface area contributed by atoms with Gasteiger partial charge in [-0.3, -0.25) is 4.79 Å². The zero-order chi connectivity index (χ0) is 8.69. The molecule has 1 saturated carbocycles. The lowest BCUT2D eigenvalue weighted by atomic mass is 10.4.